The highest BCUT2D eigenvalue weighted by molar-refractivity contribution is 5.80. The molecule has 0 saturated heterocycles. The van der Waals surface area contributed by atoms with Gasteiger partial charge in [0.25, 0.3) is 0 Å². The molecule has 28 heavy (non-hydrogen) atoms. The Morgan fingerprint density at radius 2 is 1.89 bits per heavy atom. The Labute approximate surface area is 169 Å². The maximum atomic E-state index is 12.0. The summed E-state index contributed by atoms with van der Waals surface area (Å²) >= 11 is 0. The Morgan fingerprint density at radius 1 is 1.21 bits per heavy atom. The number of carbonyl (C=O) groups is 1. The van der Waals surface area contributed by atoms with Gasteiger partial charge in [0.15, 0.2) is 5.96 Å². The van der Waals surface area contributed by atoms with Crippen molar-refractivity contribution < 1.29 is 9.53 Å². The number of nitrogens with one attached hydrogen (secondary N) is 3. The predicted octanol–water partition coefficient (Wildman–Crippen LogP) is 3.29. The first kappa shape index (κ1) is 23.7. The lowest BCUT2D eigenvalue weighted by Crippen LogP contribution is -2.54. The molecule has 1 aromatic heterocycles. The van der Waals surface area contributed by atoms with Crippen molar-refractivity contribution in [3.8, 4) is 0 Å². The molecule has 0 aromatic carbocycles. The maximum Gasteiger partial charge on any atom is 0.408 e. The molecule has 1 aromatic rings. The van der Waals surface area contributed by atoms with E-state index in [9.17, 15) is 4.79 Å². The Morgan fingerprint density at radius 3 is 2.39 bits per heavy atom. The van der Waals surface area contributed by atoms with Crippen LogP contribution in [0.15, 0.2) is 29.5 Å². The van der Waals surface area contributed by atoms with Gasteiger partial charge in [-0.15, -0.1) is 0 Å². The fourth-order valence-electron chi connectivity index (χ4n) is 2.69. The maximum absolute atomic E-state index is 12.0. The number of alkyl carbamates (subject to hydrolysis) is 1. The van der Waals surface area contributed by atoms with Crippen LogP contribution in [0.1, 0.15) is 59.9 Å². The molecule has 0 aliphatic carbocycles. The lowest BCUT2D eigenvalue weighted by Gasteiger charge is -2.30. The Balaban J connectivity index is 2.58. The summed E-state index contributed by atoms with van der Waals surface area (Å²) in [5.41, 5.74) is 0.178. The number of hydrogen-bond donors (Lipinski definition) is 3. The van der Waals surface area contributed by atoms with Crippen molar-refractivity contribution in [2.24, 2.45) is 10.9 Å². The van der Waals surface area contributed by atoms with Gasteiger partial charge < -0.3 is 20.7 Å². The Bertz CT molecular complexity index is 636. The number of carbonyl (C=O) groups excluding carboxylic acids is 1. The predicted molar refractivity (Wildman–Crippen MR) is 115 cm³/mol. The summed E-state index contributed by atoms with van der Waals surface area (Å²) in [5, 5.41) is 9.54. The van der Waals surface area contributed by atoms with E-state index in [0.29, 0.717) is 24.3 Å². The number of aliphatic imine (C=N–C) groups is 1. The van der Waals surface area contributed by atoms with E-state index in [-0.39, 0.29) is 0 Å². The molecule has 0 saturated carbocycles. The molecule has 0 spiro atoms. The highest BCUT2D eigenvalue weighted by Crippen LogP contribution is 2.22. The van der Waals surface area contributed by atoms with Crippen molar-refractivity contribution in [2.75, 3.05) is 20.1 Å². The molecule has 1 atom stereocenters. The van der Waals surface area contributed by atoms with Crippen LogP contribution in [-0.4, -0.2) is 48.3 Å². The van der Waals surface area contributed by atoms with Crippen LogP contribution in [0.25, 0.3) is 0 Å². The second-order valence-electron chi connectivity index (χ2n) is 8.95. The van der Waals surface area contributed by atoms with Crippen LogP contribution < -0.4 is 16.0 Å². The molecule has 0 aliphatic rings. The first-order valence-corrected chi connectivity index (χ1v) is 9.79. The third-order valence-corrected chi connectivity index (χ3v) is 4.17. The number of pyridine rings is 1. The van der Waals surface area contributed by atoms with E-state index in [4.69, 9.17) is 4.74 Å². The second-order valence-corrected chi connectivity index (χ2v) is 8.95. The molecular formula is C21H37N5O2. The molecule has 0 bridgehead atoms. The molecule has 1 unspecified atom stereocenters. The van der Waals surface area contributed by atoms with E-state index in [0.717, 1.165) is 6.54 Å². The van der Waals surface area contributed by atoms with Gasteiger partial charge in [0.1, 0.15) is 5.60 Å². The standard InChI is InChI=1S/C21H37N5O2/c1-15(2)17(16-10-9-11-23-12-16)13-24-18(22-8)25-14-21(6,7)26-19(27)28-20(3,4)5/h9-12,15,17H,13-14H2,1-8H3,(H,26,27)(H2,22,24,25). The van der Waals surface area contributed by atoms with E-state index in [1.165, 1.54) is 5.56 Å². The quantitative estimate of drug-likeness (QED) is 0.490. The number of aromatic nitrogens is 1. The Kier molecular flexibility index (Phi) is 8.72. The zero-order valence-electron chi connectivity index (χ0n) is 18.6. The zero-order valence-corrected chi connectivity index (χ0v) is 18.6. The zero-order chi connectivity index (χ0) is 21.4. The first-order valence-electron chi connectivity index (χ1n) is 9.79. The minimum atomic E-state index is -0.524. The lowest BCUT2D eigenvalue weighted by molar-refractivity contribution is 0.0474. The molecular weight excluding hydrogens is 354 g/mol. The summed E-state index contributed by atoms with van der Waals surface area (Å²) in [6.45, 7) is 15.0. The molecule has 0 fully saturated rings. The summed E-state index contributed by atoms with van der Waals surface area (Å²) in [4.78, 5) is 20.5. The van der Waals surface area contributed by atoms with Crippen molar-refractivity contribution in [1.29, 1.82) is 0 Å². The van der Waals surface area contributed by atoms with Crippen LogP contribution in [0.4, 0.5) is 4.79 Å². The molecule has 7 heteroatoms. The summed E-state index contributed by atoms with van der Waals surface area (Å²) < 4.78 is 5.33. The van der Waals surface area contributed by atoms with Crippen molar-refractivity contribution in [3.05, 3.63) is 30.1 Å². The van der Waals surface area contributed by atoms with Crippen LogP contribution >= 0.6 is 0 Å². The third kappa shape index (κ3) is 9.06. The molecule has 158 valence electrons. The normalized spacial score (nSPS) is 13.8. The van der Waals surface area contributed by atoms with E-state index in [1.54, 1.807) is 13.2 Å². The average molecular weight is 392 g/mol. The summed E-state index contributed by atoms with van der Waals surface area (Å²) in [6, 6.07) is 4.06. The number of nitrogens with zero attached hydrogens (tertiary/aromatic N) is 2. The number of ether oxygens (including phenoxy) is 1. The van der Waals surface area contributed by atoms with Crippen molar-refractivity contribution in [3.63, 3.8) is 0 Å². The van der Waals surface area contributed by atoms with Crippen LogP contribution in [0.5, 0.6) is 0 Å². The monoisotopic (exact) mass is 391 g/mol. The highest BCUT2D eigenvalue weighted by atomic mass is 16.6. The third-order valence-electron chi connectivity index (χ3n) is 4.17. The topological polar surface area (TPSA) is 87.6 Å². The number of rotatable bonds is 7. The summed E-state index contributed by atoms with van der Waals surface area (Å²) in [5.74, 6) is 1.47. The van der Waals surface area contributed by atoms with E-state index < -0.39 is 17.2 Å². The fourth-order valence-corrected chi connectivity index (χ4v) is 2.69. The van der Waals surface area contributed by atoms with Crippen molar-refractivity contribution >= 4 is 12.1 Å². The number of amides is 1. The van der Waals surface area contributed by atoms with Gasteiger partial charge in [-0.1, -0.05) is 19.9 Å². The van der Waals surface area contributed by atoms with Crippen LogP contribution in [0, 0.1) is 5.92 Å². The lowest BCUT2D eigenvalue weighted by atomic mass is 9.89. The van der Waals surface area contributed by atoms with Gasteiger partial charge in [0.05, 0.1) is 5.54 Å². The average Bonchev–Trinajstić information content (AvgIpc) is 2.56. The first-order chi connectivity index (χ1) is 12.9. The van der Waals surface area contributed by atoms with Crippen LogP contribution in [0.3, 0.4) is 0 Å². The van der Waals surface area contributed by atoms with Gasteiger partial charge >= 0.3 is 6.09 Å². The number of hydrogen-bond acceptors (Lipinski definition) is 4. The van der Waals surface area contributed by atoms with E-state index >= 15 is 0 Å². The molecule has 0 radical (unpaired) electrons. The highest BCUT2D eigenvalue weighted by Gasteiger charge is 2.25. The van der Waals surface area contributed by atoms with Crippen LogP contribution in [0.2, 0.25) is 0 Å². The van der Waals surface area contributed by atoms with Crippen LogP contribution in [-0.2, 0) is 4.74 Å². The van der Waals surface area contributed by atoms with Gasteiger partial charge in [0, 0.05) is 38.4 Å². The minimum absolute atomic E-state index is 0.320. The SMILES string of the molecule is CN=C(NCC(c1cccnc1)C(C)C)NCC(C)(C)NC(=O)OC(C)(C)C. The van der Waals surface area contributed by atoms with Gasteiger partial charge in [0.2, 0.25) is 0 Å². The molecule has 1 heterocycles. The van der Waals surface area contributed by atoms with Crippen molar-refractivity contribution in [2.45, 2.75) is 65.5 Å². The fraction of sp³-hybridized carbons (Fsp3) is 0.667. The molecule has 1 rings (SSSR count). The molecule has 7 nitrogen and oxygen atoms in total. The van der Waals surface area contributed by atoms with Gasteiger partial charge in [-0.3, -0.25) is 9.98 Å². The van der Waals surface area contributed by atoms with Gasteiger partial charge in [-0.25, -0.2) is 4.79 Å². The van der Waals surface area contributed by atoms with E-state index in [1.807, 2.05) is 46.9 Å². The summed E-state index contributed by atoms with van der Waals surface area (Å²) in [7, 11) is 1.73. The largest absolute Gasteiger partial charge is 0.444 e. The second kappa shape index (κ2) is 10.3. The molecule has 1 amide bonds. The van der Waals surface area contributed by atoms with E-state index in [2.05, 4.69) is 45.8 Å². The minimum Gasteiger partial charge on any atom is -0.444 e. The van der Waals surface area contributed by atoms with Gasteiger partial charge in [-0.05, 0) is 52.2 Å². The van der Waals surface area contributed by atoms with Crippen molar-refractivity contribution in [1.82, 2.24) is 20.9 Å². The molecule has 0 aliphatic heterocycles. The molecule has 3 N–H and O–H groups in total. The Hall–Kier alpha value is -2.31. The van der Waals surface area contributed by atoms with Gasteiger partial charge in [-0.2, -0.15) is 0 Å². The smallest absolute Gasteiger partial charge is 0.408 e. The number of guanidine groups is 1. The summed E-state index contributed by atoms with van der Waals surface area (Å²) in [6.07, 6.45) is 3.27.